The predicted molar refractivity (Wildman–Crippen MR) is 152 cm³/mol. The Hall–Kier alpha value is -4.36. The zero-order chi connectivity index (χ0) is 28.8. The van der Waals surface area contributed by atoms with Crippen molar-refractivity contribution in [1.29, 1.82) is 0 Å². The van der Waals surface area contributed by atoms with Gasteiger partial charge in [-0.25, -0.2) is 0 Å². The van der Waals surface area contributed by atoms with E-state index < -0.39 is 28.5 Å². The van der Waals surface area contributed by atoms with Crippen LogP contribution in [0.15, 0.2) is 70.0 Å². The average molecular weight is 628 g/mol. The van der Waals surface area contributed by atoms with Gasteiger partial charge in [0.2, 0.25) is 5.91 Å². The molecule has 40 heavy (non-hydrogen) atoms. The van der Waals surface area contributed by atoms with Crippen LogP contribution >= 0.6 is 27.7 Å². The van der Waals surface area contributed by atoms with Crippen molar-refractivity contribution in [2.45, 2.75) is 6.61 Å². The minimum Gasteiger partial charge on any atom is -0.497 e. The smallest absolute Gasteiger partial charge is 0.294 e. The number of nitro benzene ring substituents is 1. The summed E-state index contributed by atoms with van der Waals surface area (Å²) in [7, 11) is 2.97. The second-order valence-corrected chi connectivity index (χ2v) is 10.1. The molecule has 1 fully saturated rings. The summed E-state index contributed by atoms with van der Waals surface area (Å²) in [6, 6.07) is 16.0. The van der Waals surface area contributed by atoms with Crippen molar-refractivity contribution in [1.82, 2.24) is 4.90 Å². The van der Waals surface area contributed by atoms with Crippen LogP contribution in [0.1, 0.15) is 11.1 Å². The molecule has 3 aromatic rings. The number of anilines is 1. The highest BCUT2D eigenvalue weighted by atomic mass is 79.9. The molecular formula is C27H22BrN3O8S. The van der Waals surface area contributed by atoms with Crippen LogP contribution in [0.4, 0.5) is 16.2 Å². The summed E-state index contributed by atoms with van der Waals surface area (Å²) < 4.78 is 16.9. The highest BCUT2D eigenvalue weighted by molar-refractivity contribution is 9.10. The molecule has 3 aromatic carbocycles. The molecule has 0 radical (unpaired) electrons. The number of nitrogens with one attached hydrogen (secondary N) is 1. The zero-order valence-electron chi connectivity index (χ0n) is 21.2. The van der Waals surface area contributed by atoms with E-state index >= 15 is 0 Å². The third-order valence-corrected chi connectivity index (χ3v) is 7.10. The fraction of sp³-hybridized carbons (Fsp3) is 0.148. The Morgan fingerprint density at radius 2 is 1.85 bits per heavy atom. The van der Waals surface area contributed by atoms with Crippen LogP contribution in [0, 0.1) is 10.1 Å². The van der Waals surface area contributed by atoms with E-state index in [-0.39, 0.29) is 17.2 Å². The standard InChI is InChI=1S/C27H22BrN3O8S/c1-37-20-8-6-18(7-9-20)29-24(32)14-30-26(33)23(40-27(30)34)13-17-11-21(28)25(22(12-17)38-2)39-15-16-4-3-5-19(10-16)31(35)36/h3-13H,14-15H2,1-2H3,(H,29,32)/b23-13+. The molecule has 0 saturated carbocycles. The largest absolute Gasteiger partial charge is 0.497 e. The third kappa shape index (κ3) is 6.79. The van der Waals surface area contributed by atoms with Gasteiger partial charge in [0.1, 0.15) is 18.9 Å². The lowest BCUT2D eigenvalue weighted by molar-refractivity contribution is -0.384. The predicted octanol–water partition coefficient (Wildman–Crippen LogP) is 5.63. The number of ether oxygens (including phenoxy) is 3. The molecule has 1 N–H and O–H groups in total. The van der Waals surface area contributed by atoms with Gasteiger partial charge in [0.25, 0.3) is 16.8 Å². The van der Waals surface area contributed by atoms with E-state index in [0.717, 1.165) is 16.7 Å². The second-order valence-electron chi connectivity index (χ2n) is 8.29. The summed E-state index contributed by atoms with van der Waals surface area (Å²) in [6.07, 6.45) is 1.52. The number of methoxy groups -OCH3 is 2. The van der Waals surface area contributed by atoms with Crippen LogP contribution in [0.25, 0.3) is 6.08 Å². The quantitative estimate of drug-likeness (QED) is 0.172. The number of non-ortho nitro benzene ring substituents is 1. The highest BCUT2D eigenvalue weighted by Crippen LogP contribution is 2.39. The van der Waals surface area contributed by atoms with Gasteiger partial charge >= 0.3 is 0 Å². The number of nitro groups is 1. The molecule has 0 aliphatic carbocycles. The van der Waals surface area contributed by atoms with Gasteiger partial charge in [0.15, 0.2) is 11.5 Å². The van der Waals surface area contributed by atoms with E-state index in [9.17, 15) is 24.5 Å². The Morgan fingerprint density at radius 1 is 1.10 bits per heavy atom. The summed E-state index contributed by atoms with van der Waals surface area (Å²) in [5.41, 5.74) is 1.59. The van der Waals surface area contributed by atoms with E-state index in [4.69, 9.17) is 14.2 Å². The molecule has 1 saturated heterocycles. The molecule has 0 bridgehead atoms. The van der Waals surface area contributed by atoms with E-state index in [1.54, 1.807) is 48.5 Å². The maximum absolute atomic E-state index is 12.9. The van der Waals surface area contributed by atoms with Gasteiger partial charge in [0, 0.05) is 17.8 Å². The molecule has 0 aromatic heterocycles. The minimum absolute atomic E-state index is 0.0466. The molecule has 11 nitrogen and oxygen atoms in total. The van der Waals surface area contributed by atoms with Crippen LogP contribution in [0.5, 0.6) is 17.2 Å². The van der Waals surface area contributed by atoms with Crippen molar-refractivity contribution in [3.63, 3.8) is 0 Å². The number of hydrogen-bond acceptors (Lipinski definition) is 9. The molecule has 0 spiro atoms. The number of carbonyl (C=O) groups is 3. The SMILES string of the molecule is COc1ccc(NC(=O)CN2C(=O)S/C(=C/c3cc(Br)c(OCc4cccc([N+](=O)[O-])c4)c(OC)c3)C2=O)cc1. The first-order valence-corrected chi connectivity index (χ1v) is 13.2. The van der Waals surface area contributed by atoms with Crippen LogP contribution in [0.3, 0.4) is 0 Å². The van der Waals surface area contributed by atoms with Gasteiger partial charge in [-0.1, -0.05) is 12.1 Å². The topological polar surface area (TPSA) is 137 Å². The number of amides is 3. The molecule has 0 atom stereocenters. The monoisotopic (exact) mass is 627 g/mol. The Morgan fingerprint density at radius 3 is 2.52 bits per heavy atom. The van der Waals surface area contributed by atoms with E-state index in [1.807, 2.05) is 0 Å². The van der Waals surface area contributed by atoms with Crippen molar-refractivity contribution in [2.24, 2.45) is 0 Å². The van der Waals surface area contributed by atoms with Gasteiger partial charge in [0.05, 0.1) is 28.5 Å². The van der Waals surface area contributed by atoms with E-state index in [1.165, 1.54) is 32.4 Å². The molecular weight excluding hydrogens is 606 g/mol. The Balaban J connectivity index is 1.45. The fourth-order valence-corrected chi connectivity index (χ4v) is 5.10. The number of thioether (sulfide) groups is 1. The van der Waals surface area contributed by atoms with Gasteiger partial charge < -0.3 is 19.5 Å². The molecule has 4 rings (SSSR count). The molecule has 13 heteroatoms. The maximum Gasteiger partial charge on any atom is 0.294 e. The molecule has 1 aliphatic rings. The lowest BCUT2D eigenvalue weighted by Gasteiger charge is -2.14. The number of benzene rings is 3. The number of rotatable bonds is 10. The molecule has 3 amide bonds. The van der Waals surface area contributed by atoms with E-state index in [0.29, 0.717) is 38.5 Å². The van der Waals surface area contributed by atoms with Gasteiger partial charge in [-0.05, 0) is 81.3 Å². The van der Waals surface area contributed by atoms with Gasteiger partial charge in [-0.2, -0.15) is 0 Å². The molecule has 1 heterocycles. The first kappa shape index (κ1) is 28.6. The number of carbonyl (C=O) groups excluding carboxylic acids is 3. The van der Waals surface area contributed by atoms with Crippen molar-refractivity contribution in [3.05, 3.63) is 91.3 Å². The summed E-state index contributed by atoms with van der Waals surface area (Å²) >= 11 is 4.16. The van der Waals surface area contributed by atoms with Crippen LogP contribution in [-0.2, 0) is 16.2 Å². The van der Waals surface area contributed by atoms with Gasteiger partial charge in [-0.15, -0.1) is 0 Å². The first-order chi connectivity index (χ1) is 19.2. The molecule has 206 valence electrons. The molecule has 0 unspecified atom stereocenters. The number of nitrogens with zero attached hydrogens (tertiary/aromatic N) is 2. The zero-order valence-corrected chi connectivity index (χ0v) is 23.6. The Kier molecular flexibility index (Phi) is 9.07. The van der Waals surface area contributed by atoms with Crippen molar-refractivity contribution in [3.8, 4) is 17.2 Å². The van der Waals surface area contributed by atoms with Gasteiger partial charge in [-0.3, -0.25) is 29.4 Å². The van der Waals surface area contributed by atoms with Crippen molar-refractivity contribution >= 4 is 62.2 Å². The molecule has 1 aliphatic heterocycles. The van der Waals surface area contributed by atoms with Crippen LogP contribution in [0.2, 0.25) is 0 Å². The van der Waals surface area contributed by atoms with Crippen LogP contribution < -0.4 is 19.5 Å². The Labute approximate surface area is 241 Å². The second kappa shape index (κ2) is 12.7. The normalized spacial score (nSPS) is 13.9. The first-order valence-electron chi connectivity index (χ1n) is 11.6. The summed E-state index contributed by atoms with van der Waals surface area (Å²) in [4.78, 5) is 49.5. The number of hydrogen-bond donors (Lipinski definition) is 1. The van der Waals surface area contributed by atoms with Crippen LogP contribution in [-0.4, -0.2) is 47.6 Å². The average Bonchev–Trinajstić information content (AvgIpc) is 3.19. The number of imide groups is 1. The highest BCUT2D eigenvalue weighted by Gasteiger charge is 2.36. The van der Waals surface area contributed by atoms with Crippen molar-refractivity contribution < 1.29 is 33.5 Å². The number of halogens is 1. The fourth-order valence-electron chi connectivity index (χ4n) is 3.68. The summed E-state index contributed by atoms with van der Waals surface area (Å²) in [6.45, 7) is -0.390. The lowest BCUT2D eigenvalue weighted by atomic mass is 10.1. The maximum atomic E-state index is 12.9. The minimum atomic E-state index is -0.596. The Bertz CT molecular complexity index is 1510. The third-order valence-electron chi connectivity index (χ3n) is 5.60. The summed E-state index contributed by atoms with van der Waals surface area (Å²) in [5.74, 6) is 0.197. The lowest BCUT2D eigenvalue weighted by Crippen LogP contribution is -2.36. The van der Waals surface area contributed by atoms with Crippen molar-refractivity contribution in [2.75, 3.05) is 26.1 Å². The van der Waals surface area contributed by atoms with E-state index in [2.05, 4.69) is 21.2 Å². The summed E-state index contributed by atoms with van der Waals surface area (Å²) in [5, 5.41) is 13.1.